The van der Waals surface area contributed by atoms with E-state index in [9.17, 15) is 19.0 Å². The molecule has 2 N–H and O–H groups in total. The van der Waals surface area contributed by atoms with Gasteiger partial charge in [0.2, 0.25) is 0 Å². The number of hydrogen-bond donors (Lipinski definition) is 2. The highest BCUT2D eigenvalue weighted by Gasteiger charge is 2.40. The monoisotopic (exact) mass is 400 g/mol. The van der Waals surface area contributed by atoms with Gasteiger partial charge in [0.05, 0.1) is 11.3 Å². The second-order valence-corrected chi connectivity index (χ2v) is 10.0. The summed E-state index contributed by atoms with van der Waals surface area (Å²) in [5.74, 6) is 0.306. The van der Waals surface area contributed by atoms with Gasteiger partial charge < -0.3 is 9.42 Å². The maximum absolute atomic E-state index is 12.7. The van der Waals surface area contributed by atoms with Crippen LogP contribution in [-0.4, -0.2) is 25.7 Å². The summed E-state index contributed by atoms with van der Waals surface area (Å²) in [4.78, 5) is 36.0. The topological polar surface area (TPSA) is 101 Å². The van der Waals surface area contributed by atoms with Crippen LogP contribution >= 0.6 is 7.60 Å². The van der Waals surface area contributed by atoms with Gasteiger partial charge in [0.1, 0.15) is 0 Å². The predicted molar refractivity (Wildman–Crippen MR) is 106 cm³/mol. The van der Waals surface area contributed by atoms with E-state index in [1.807, 2.05) is 27.7 Å². The molecule has 1 aromatic heterocycles. The van der Waals surface area contributed by atoms with Crippen molar-refractivity contribution in [3.8, 4) is 0 Å². The van der Waals surface area contributed by atoms with Crippen molar-refractivity contribution >= 4 is 7.60 Å². The molecule has 4 atom stereocenters. The van der Waals surface area contributed by atoms with Crippen molar-refractivity contribution in [2.24, 2.45) is 5.92 Å². The number of nitrogens with zero attached hydrogens (tertiary/aromatic N) is 1. The molecule has 0 spiro atoms. The highest BCUT2D eigenvalue weighted by Crippen LogP contribution is 2.55. The second-order valence-electron chi connectivity index (χ2n) is 7.98. The van der Waals surface area contributed by atoms with Crippen LogP contribution in [0.2, 0.25) is 0 Å². The van der Waals surface area contributed by atoms with E-state index in [0.29, 0.717) is 31.6 Å². The highest BCUT2D eigenvalue weighted by molar-refractivity contribution is 7.53. The summed E-state index contributed by atoms with van der Waals surface area (Å²) < 4.78 is 20.2. The minimum absolute atomic E-state index is 0.0421. The maximum Gasteiger partial charge on any atom is 0.331 e. The molecule has 2 rings (SSSR count). The Hall–Kier alpha value is -1.17. The number of H-pyrrole nitrogens is 1. The molecule has 3 unspecified atom stereocenters. The predicted octanol–water partition coefficient (Wildman–Crippen LogP) is 3.83. The van der Waals surface area contributed by atoms with E-state index >= 15 is 0 Å². The van der Waals surface area contributed by atoms with E-state index in [-0.39, 0.29) is 17.4 Å². The van der Waals surface area contributed by atoms with Gasteiger partial charge in [0.15, 0.2) is 0 Å². The second kappa shape index (κ2) is 8.89. The lowest BCUT2D eigenvalue weighted by atomic mass is 9.89. The van der Waals surface area contributed by atoms with Crippen LogP contribution in [0.3, 0.4) is 0 Å². The smallest absolute Gasteiger partial charge is 0.324 e. The van der Waals surface area contributed by atoms with Crippen LogP contribution in [0.5, 0.6) is 0 Å². The van der Waals surface area contributed by atoms with Gasteiger partial charge in [-0.3, -0.25) is 18.9 Å². The SMILES string of the molecule is CCC(CC)P(=O)(O)OC(C)(CC)C[C@@H]1CCC(n2ccc(=O)[nH]c2=O)C1. The van der Waals surface area contributed by atoms with Gasteiger partial charge in [0.25, 0.3) is 5.56 Å². The number of nitrogens with one attached hydrogen (secondary N) is 1. The van der Waals surface area contributed by atoms with Crippen molar-refractivity contribution in [1.29, 1.82) is 0 Å². The maximum atomic E-state index is 12.7. The van der Waals surface area contributed by atoms with Crippen LogP contribution in [0.25, 0.3) is 0 Å². The molecule has 1 fully saturated rings. The summed E-state index contributed by atoms with van der Waals surface area (Å²) in [5.41, 5.74) is -1.77. The molecule has 7 nitrogen and oxygen atoms in total. The Morgan fingerprint density at radius 1 is 1.33 bits per heavy atom. The molecular weight excluding hydrogens is 367 g/mol. The van der Waals surface area contributed by atoms with Gasteiger partial charge in [0, 0.05) is 18.3 Å². The first kappa shape index (κ1) is 22.1. The van der Waals surface area contributed by atoms with Crippen LogP contribution < -0.4 is 11.2 Å². The highest BCUT2D eigenvalue weighted by atomic mass is 31.2. The van der Waals surface area contributed by atoms with Gasteiger partial charge in [-0.05, 0) is 57.8 Å². The van der Waals surface area contributed by atoms with Gasteiger partial charge >= 0.3 is 13.3 Å². The minimum Gasteiger partial charge on any atom is -0.324 e. The van der Waals surface area contributed by atoms with Crippen LogP contribution in [0.1, 0.15) is 78.7 Å². The lowest BCUT2D eigenvalue weighted by Gasteiger charge is -2.35. The lowest BCUT2D eigenvalue weighted by molar-refractivity contribution is 0.0422. The Morgan fingerprint density at radius 3 is 2.56 bits per heavy atom. The molecule has 0 aliphatic heterocycles. The first-order chi connectivity index (χ1) is 12.6. The molecule has 27 heavy (non-hydrogen) atoms. The van der Waals surface area contributed by atoms with E-state index in [2.05, 4.69) is 4.98 Å². The number of hydrogen-bond acceptors (Lipinski definition) is 4. The van der Waals surface area contributed by atoms with Crippen molar-refractivity contribution in [2.75, 3.05) is 0 Å². The van der Waals surface area contributed by atoms with Crippen LogP contribution in [0, 0.1) is 5.92 Å². The third kappa shape index (κ3) is 5.43. The molecule has 0 bridgehead atoms. The molecule has 0 radical (unpaired) electrons. The fourth-order valence-electron chi connectivity index (χ4n) is 4.20. The van der Waals surface area contributed by atoms with E-state index in [1.165, 1.54) is 6.07 Å². The van der Waals surface area contributed by atoms with E-state index < -0.39 is 18.8 Å². The minimum atomic E-state index is -3.68. The van der Waals surface area contributed by atoms with E-state index in [1.54, 1.807) is 10.8 Å². The Bertz CT molecular complexity index is 785. The Morgan fingerprint density at radius 2 is 2.00 bits per heavy atom. The normalized spacial score (nSPS) is 24.7. The summed E-state index contributed by atoms with van der Waals surface area (Å²) in [6.07, 6.45) is 6.69. The Labute approximate surface area is 160 Å². The molecule has 1 saturated carbocycles. The first-order valence-electron chi connectivity index (χ1n) is 9.98. The van der Waals surface area contributed by atoms with E-state index in [0.717, 1.165) is 19.3 Å². The molecule has 0 aromatic carbocycles. The number of aromatic amines is 1. The molecular formula is C19H33N2O5P. The molecule has 8 heteroatoms. The van der Waals surface area contributed by atoms with Crippen molar-refractivity contribution in [2.45, 2.75) is 89.9 Å². The number of rotatable bonds is 9. The average Bonchev–Trinajstić information content (AvgIpc) is 3.02. The lowest BCUT2D eigenvalue weighted by Crippen LogP contribution is -2.32. The van der Waals surface area contributed by atoms with Gasteiger partial charge in [-0.2, -0.15) is 0 Å². The quantitative estimate of drug-likeness (QED) is 0.614. The molecule has 154 valence electrons. The fourth-order valence-corrected chi connectivity index (χ4v) is 6.11. The molecule has 1 aliphatic rings. The third-order valence-electron chi connectivity index (χ3n) is 5.98. The molecule has 1 aromatic rings. The fraction of sp³-hybridized carbons (Fsp3) is 0.789. The van der Waals surface area contributed by atoms with Crippen LogP contribution in [-0.2, 0) is 9.09 Å². The molecule has 1 aliphatic carbocycles. The van der Waals surface area contributed by atoms with Crippen molar-refractivity contribution in [3.05, 3.63) is 33.1 Å². The van der Waals surface area contributed by atoms with Crippen molar-refractivity contribution in [1.82, 2.24) is 9.55 Å². The van der Waals surface area contributed by atoms with Crippen LogP contribution in [0.15, 0.2) is 21.9 Å². The summed E-state index contributed by atoms with van der Waals surface area (Å²) >= 11 is 0. The summed E-state index contributed by atoms with van der Waals surface area (Å²) in [7, 11) is -3.68. The zero-order chi connectivity index (χ0) is 20.2. The van der Waals surface area contributed by atoms with Crippen molar-refractivity contribution in [3.63, 3.8) is 0 Å². The zero-order valence-electron chi connectivity index (χ0n) is 16.8. The first-order valence-corrected chi connectivity index (χ1v) is 11.6. The van der Waals surface area contributed by atoms with E-state index in [4.69, 9.17) is 4.52 Å². The summed E-state index contributed by atoms with van der Waals surface area (Å²) in [6.45, 7) is 7.71. The van der Waals surface area contributed by atoms with Gasteiger partial charge in [-0.1, -0.05) is 20.8 Å². The van der Waals surface area contributed by atoms with Crippen molar-refractivity contribution < 1.29 is 14.0 Å². The third-order valence-corrected chi connectivity index (χ3v) is 8.34. The standard InChI is InChI=1S/C19H33N2O5P/c1-5-16(6-2)27(24,25)26-19(4,7-3)13-14-8-9-15(12-14)21-11-10-17(22)20-18(21)23/h10-11,14-16H,5-9,12-13H2,1-4H3,(H,24,25)(H,20,22,23)/t14-,15?,19?/m1/s1. The van der Waals surface area contributed by atoms with Gasteiger partial charge in [-0.15, -0.1) is 0 Å². The van der Waals surface area contributed by atoms with Gasteiger partial charge in [-0.25, -0.2) is 4.79 Å². The zero-order valence-corrected chi connectivity index (χ0v) is 17.7. The summed E-state index contributed by atoms with van der Waals surface area (Å²) in [5, 5.41) is 0. The summed E-state index contributed by atoms with van der Waals surface area (Å²) in [6, 6.07) is 1.41. The van der Waals surface area contributed by atoms with Crippen LogP contribution in [0.4, 0.5) is 0 Å². The largest absolute Gasteiger partial charge is 0.331 e. The Balaban J connectivity index is 2.07. The molecule has 0 amide bonds. The molecule has 1 heterocycles. The Kier molecular flexibility index (Phi) is 7.28. The molecule has 0 saturated heterocycles. The average molecular weight is 400 g/mol. The number of aromatic nitrogens is 2.